The molecule has 1 radical (unpaired) electrons. The van der Waals surface area contributed by atoms with Gasteiger partial charge < -0.3 is 0 Å². The molecule has 0 rings (SSSR count). The van der Waals surface area contributed by atoms with E-state index in [0.717, 1.165) is 38.5 Å². The topological polar surface area (TPSA) is 103 Å². The lowest BCUT2D eigenvalue weighted by molar-refractivity contribution is -0.431. The van der Waals surface area contributed by atoms with Crippen LogP contribution in [-0.4, -0.2) is 16.1 Å². The van der Waals surface area contributed by atoms with E-state index < -0.39 is 9.85 Å². The average Bonchev–Trinajstić information content (AvgIpc) is 2.57. The van der Waals surface area contributed by atoms with E-state index in [1.807, 2.05) is 19.3 Å². The Kier molecular flexibility index (Phi) is 13.8. The van der Waals surface area contributed by atoms with Gasteiger partial charge in [0.05, 0.1) is 22.7 Å². The average molecular weight is 351 g/mol. The van der Waals surface area contributed by atoms with Crippen molar-refractivity contribution in [1.29, 1.82) is 0 Å². The monoisotopic (exact) mass is 351 g/mol. The molecule has 0 aliphatic carbocycles. The number of hydrogen-bond donors (Lipinski definition) is 0. The highest BCUT2D eigenvalue weighted by atomic mass is 16.6. The summed E-state index contributed by atoms with van der Waals surface area (Å²) in [7, 11) is 0. The van der Waals surface area contributed by atoms with E-state index in [1.165, 1.54) is 6.08 Å². The summed E-state index contributed by atoms with van der Waals surface area (Å²) in [5.41, 5.74) is -0.0289. The Balaban J connectivity index is 4.44. The lowest BCUT2D eigenvalue weighted by Gasteiger charge is -1.99. The van der Waals surface area contributed by atoms with Crippen LogP contribution in [0.5, 0.6) is 0 Å². The summed E-state index contributed by atoms with van der Waals surface area (Å²) in [6.45, 7) is 1.93. The smallest absolute Gasteiger partial charge is 0.246 e. The number of allylic oxidation sites excluding steroid dienone is 4. The SMILES string of the molecule is CCC=CCC(=CCC(=CCCCCCCC[C]=O)[N+](=O)[O-])[N+](=O)[O-]. The first-order chi connectivity index (χ1) is 12.0. The fourth-order valence-corrected chi connectivity index (χ4v) is 2.20. The first kappa shape index (κ1) is 22.7. The summed E-state index contributed by atoms with van der Waals surface area (Å²) in [6.07, 6.45) is 14.8. The maximum Gasteiger partial charge on any atom is 0.246 e. The number of nitro groups is 2. The van der Waals surface area contributed by atoms with E-state index >= 15 is 0 Å². The van der Waals surface area contributed by atoms with Crippen LogP contribution in [0.1, 0.15) is 71.1 Å². The van der Waals surface area contributed by atoms with E-state index in [0.29, 0.717) is 12.8 Å². The Bertz CT molecular complexity index is 510. The molecule has 7 heteroatoms. The fourth-order valence-electron chi connectivity index (χ4n) is 2.20. The molecule has 0 atom stereocenters. The lowest BCUT2D eigenvalue weighted by Crippen LogP contribution is -2.01. The van der Waals surface area contributed by atoms with E-state index in [9.17, 15) is 25.0 Å². The predicted molar refractivity (Wildman–Crippen MR) is 96.8 cm³/mol. The second kappa shape index (κ2) is 15.2. The van der Waals surface area contributed by atoms with Gasteiger partial charge in [0.25, 0.3) is 0 Å². The van der Waals surface area contributed by atoms with Crippen molar-refractivity contribution in [1.82, 2.24) is 0 Å². The van der Waals surface area contributed by atoms with Crippen LogP contribution in [0, 0.1) is 20.2 Å². The van der Waals surface area contributed by atoms with Crippen molar-refractivity contribution in [2.45, 2.75) is 71.1 Å². The molecule has 0 unspecified atom stereocenters. The van der Waals surface area contributed by atoms with Gasteiger partial charge in [-0.3, -0.25) is 25.0 Å². The molecule has 7 nitrogen and oxygen atoms in total. The maximum absolute atomic E-state index is 11.1. The fraction of sp³-hybridized carbons (Fsp3) is 0.611. The van der Waals surface area contributed by atoms with Gasteiger partial charge in [0, 0.05) is 6.42 Å². The highest BCUT2D eigenvalue weighted by Gasteiger charge is 2.13. The van der Waals surface area contributed by atoms with Crippen LogP contribution in [0.25, 0.3) is 0 Å². The predicted octanol–water partition coefficient (Wildman–Crippen LogP) is 4.89. The molecule has 0 amide bonds. The first-order valence-corrected chi connectivity index (χ1v) is 8.69. The van der Waals surface area contributed by atoms with Crippen molar-refractivity contribution in [2.75, 3.05) is 0 Å². The van der Waals surface area contributed by atoms with Gasteiger partial charge in [-0.2, -0.15) is 0 Å². The molecule has 0 fully saturated rings. The van der Waals surface area contributed by atoms with Crippen molar-refractivity contribution in [2.24, 2.45) is 0 Å². The Labute approximate surface area is 148 Å². The molecule has 25 heavy (non-hydrogen) atoms. The number of carbonyl (C=O) groups excluding carboxylic acids is 1. The zero-order valence-corrected chi connectivity index (χ0v) is 14.8. The van der Waals surface area contributed by atoms with E-state index in [2.05, 4.69) is 0 Å². The summed E-state index contributed by atoms with van der Waals surface area (Å²) in [4.78, 5) is 31.1. The van der Waals surface area contributed by atoms with Crippen molar-refractivity contribution >= 4 is 6.29 Å². The molecular weight excluding hydrogens is 324 g/mol. The van der Waals surface area contributed by atoms with Crippen LogP contribution in [-0.2, 0) is 4.79 Å². The highest BCUT2D eigenvalue weighted by molar-refractivity contribution is 5.50. The Morgan fingerprint density at radius 1 is 0.880 bits per heavy atom. The number of nitrogens with zero attached hydrogens (tertiary/aromatic N) is 2. The van der Waals surface area contributed by atoms with Gasteiger partial charge in [0.15, 0.2) is 6.29 Å². The highest BCUT2D eigenvalue weighted by Crippen LogP contribution is 2.13. The number of unbranched alkanes of at least 4 members (excludes halogenated alkanes) is 6. The Morgan fingerprint density at radius 2 is 1.48 bits per heavy atom. The molecule has 0 heterocycles. The van der Waals surface area contributed by atoms with Crippen molar-refractivity contribution in [3.63, 3.8) is 0 Å². The molecule has 0 aliphatic heterocycles. The minimum Gasteiger partial charge on any atom is -0.291 e. The summed E-state index contributed by atoms with van der Waals surface area (Å²) in [5.74, 6) is 0. The first-order valence-electron chi connectivity index (χ1n) is 8.69. The molecule has 0 aromatic carbocycles. The van der Waals surface area contributed by atoms with Crippen molar-refractivity contribution in [3.8, 4) is 0 Å². The molecule has 0 saturated heterocycles. The normalized spacial score (nSPS) is 12.5. The lowest BCUT2D eigenvalue weighted by atomic mass is 10.1. The molecule has 139 valence electrons. The van der Waals surface area contributed by atoms with Gasteiger partial charge >= 0.3 is 0 Å². The minimum atomic E-state index is -0.492. The number of rotatable bonds is 15. The van der Waals surface area contributed by atoms with Gasteiger partial charge in [0.2, 0.25) is 11.4 Å². The third-order valence-corrected chi connectivity index (χ3v) is 3.61. The molecule has 0 bridgehead atoms. The van der Waals surface area contributed by atoms with Crippen LogP contribution in [0.2, 0.25) is 0 Å². The minimum absolute atomic E-state index is 0.00521. The van der Waals surface area contributed by atoms with Gasteiger partial charge in [-0.15, -0.1) is 0 Å². The van der Waals surface area contributed by atoms with Crippen molar-refractivity contribution < 1.29 is 14.6 Å². The van der Waals surface area contributed by atoms with Gasteiger partial charge in [-0.1, -0.05) is 38.3 Å². The largest absolute Gasteiger partial charge is 0.291 e. The summed E-state index contributed by atoms with van der Waals surface area (Å²) in [6, 6.07) is 0. The van der Waals surface area contributed by atoms with Crippen molar-refractivity contribution in [3.05, 3.63) is 55.9 Å². The van der Waals surface area contributed by atoms with E-state index in [1.54, 1.807) is 12.2 Å². The van der Waals surface area contributed by atoms with Gasteiger partial charge in [-0.05, 0) is 37.8 Å². The van der Waals surface area contributed by atoms with Crippen LogP contribution in [0.4, 0.5) is 0 Å². The zero-order valence-electron chi connectivity index (χ0n) is 14.8. The molecule has 0 aliphatic rings. The molecular formula is C18H27N2O5. The van der Waals surface area contributed by atoms with Crippen LogP contribution in [0.15, 0.2) is 35.7 Å². The standard InChI is InChI=1S/C18H27N2O5/c1-2-3-9-12-17(19(22)23)14-15-18(20(24)25)13-10-7-5-4-6-8-11-16-21/h3,9,13-14H,2,4-8,10-12,15H2,1H3. The van der Waals surface area contributed by atoms with Crippen LogP contribution >= 0.6 is 0 Å². The molecule has 0 aromatic rings. The zero-order chi connectivity index (χ0) is 18.9. The van der Waals surface area contributed by atoms with Crippen LogP contribution in [0.3, 0.4) is 0 Å². The molecule has 0 spiro atoms. The Hall–Kier alpha value is -2.31. The third kappa shape index (κ3) is 12.7. The van der Waals surface area contributed by atoms with Gasteiger partial charge in [0.1, 0.15) is 0 Å². The summed E-state index contributed by atoms with van der Waals surface area (Å²) in [5, 5.41) is 22.0. The second-order valence-corrected chi connectivity index (χ2v) is 5.64. The second-order valence-electron chi connectivity index (χ2n) is 5.64. The van der Waals surface area contributed by atoms with E-state index in [4.69, 9.17) is 0 Å². The molecule has 0 aromatic heterocycles. The maximum atomic E-state index is 11.1. The third-order valence-electron chi connectivity index (χ3n) is 3.61. The molecule has 0 saturated carbocycles. The van der Waals surface area contributed by atoms with E-state index in [-0.39, 0.29) is 24.2 Å². The van der Waals surface area contributed by atoms with Crippen LogP contribution < -0.4 is 0 Å². The quantitative estimate of drug-likeness (QED) is 0.181. The summed E-state index contributed by atoms with van der Waals surface area (Å²) < 4.78 is 0. The Morgan fingerprint density at radius 3 is 2.08 bits per heavy atom. The summed E-state index contributed by atoms with van der Waals surface area (Å²) >= 11 is 0. The molecule has 0 N–H and O–H groups in total. The number of hydrogen-bond acceptors (Lipinski definition) is 5. The van der Waals surface area contributed by atoms with Gasteiger partial charge in [-0.25, -0.2) is 0 Å².